The van der Waals surface area contributed by atoms with E-state index in [2.05, 4.69) is 21.5 Å². The van der Waals surface area contributed by atoms with Crippen molar-refractivity contribution in [3.63, 3.8) is 0 Å². The van der Waals surface area contributed by atoms with E-state index in [-0.39, 0.29) is 17.6 Å². The molecular weight excluding hydrogens is 432 g/mol. The molecule has 9 heteroatoms. The number of benzene rings is 2. The van der Waals surface area contributed by atoms with Crippen molar-refractivity contribution in [3.8, 4) is 6.07 Å². The molecule has 1 aliphatic carbocycles. The average molecular weight is 451 g/mol. The van der Waals surface area contributed by atoms with Gasteiger partial charge in [0.2, 0.25) is 0 Å². The molecule has 0 bridgehead atoms. The standard InChI is InChI=1S/C22H18N4O3S2/c23-13-16-3-1-2-4-17(16)14-29-26-20(21(27)25-22-24-11-12-30-22)15-5-7-18(8-6-15)31(28)19-9-10-19/h1-8,11-12,19H,9-10,14H2,(H,24,25,27)/b26-20+. The fourth-order valence-electron chi connectivity index (χ4n) is 2.81. The van der Waals surface area contributed by atoms with Gasteiger partial charge in [0.05, 0.1) is 22.4 Å². The summed E-state index contributed by atoms with van der Waals surface area (Å²) in [6.07, 6.45) is 3.55. The lowest BCUT2D eigenvalue weighted by atomic mass is 10.1. The quantitative estimate of drug-likeness (QED) is 0.415. The van der Waals surface area contributed by atoms with Gasteiger partial charge >= 0.3 is 0 Å². The monoisotopic (exact) mass is 450 g/mol. The molecule has 1 saturated carbocycles. The third-order valence-corrected chi connectivity index (χ3v) is 7.07. The number of nitrogens with one attached hydrogen (secondary N) is 1. The van der Waals surface area contributed by atoms with E-state index in [4.69, 9.17) is 4.84 Å². The number of carbonyl (C=O) groups is 1. The van der Waals surface area contributed by atoms with Gasteiger partial charge in [-0.3, -0.25) is 14.3 Å². The lowest BCUT2D eigenvalue weighted by Gasteiger charge is -2.08. The molecule has 1 amide bonds. The lowest BCUT2D eigenvalue weighted by molar-refractivity contribution is -0.110. The molecule has 156 valence electrons. The normalized spacial score (nSPS) is 14.5. The zero-order valence-corrected chi connectivity index (χ0v) is 18.0. The van der Waals surface area contributed by atoms with E-state index in [0.29, 0.717) is 21.8 Å². The van der Waals surface area contributed by atoms with Gasteiger partial charge in [-0.2, -0.15) is 5.26 Å². The number of anilines is 1. The summed E-state index contributed by atoms with van der Waals surface area (Å²) >= 11 is 1.29. The summed E-state index contributed by atoms with van der Waals surface area (Å²) < 4.78 is 12.4. The number of aromatic nitrogens is 1. The predicted octanol–water partition coefficient (Wildman–Crippen LogP) is 3.84. The van der Waals surface area contributed by atoms with Gasteiger partial charge in [-0.05, 0) is 31.0 Å². The molecule has 1 unspecified atom stereocenters. The predicted molar refractivity (Wildman–Crippen MR) is 119 cm³/mol. The van der Waals surface area contributed by atoms with Crippen LogP contribution in [0.2, 0.25) is 0 Å². The average Bonchev–Trinajstić information content (AvgIpc) is 3.53. The molecule has 1 fully saturated rings. The van der Waals surface area contributed by atoms with Crippen molar-refractivity contribution < 1.29 is 13.8 Å². The molecule has 3 aromatic rings. The van der Waals surface area contributed by atoms with E-state index in [0.717, 1.165) is 17.7 Å². The van der Waals surface area contributed by atoms with Gasteiger partial charge in [0.25, 0.3) is 5.91 Å². The summed E-state index contributed by atoms with van der Waals surface area (Å²) in [5, 5.41) is 18.4. The van der Waals surface area contributed by atoms with Crippen molar-refractivity contribution in [2.75, 3.05) is 5.32 Å². The van der Waals surface area contributed by atoms with Crippen LogP contribution in [0, 0.1) is 11.3 Å². The van der Waals surface area contributed by atoms with Crippen LogP contribution in [0.1, 0.15) is 29.5 Å². The first kappa shape index (κ1) is 20.9. The van der Waals surface area contributed by atoms with Crippen LogP contribution in [0.3, 0.4) is 0 Å². The second-order valence-corrected chi connectivity index (χ2v) is 9.42. The minimum absolute atomic E-state index is 0.0432. The minimum atomic E-state index is -1.03. The van der Waals surface area contributed by atoms with E-state index in [1.54, 1.807) is 60.1 Å². The van der Waals surface area contributed by atoms with Gasteiger partial charge in [-0.15, -0.1) is 11.3 Å². The summed E-state index contributed by atoms with van der Waals surface area (Å²) in [7, 11) is -1.03. The van der Waals surface area contributed by atoms with Crippen molar-refractivity contribution in [3.05, 3.63) is 76.8 Å². The highest BCUT2D eigenvalue weighted by Crippen LogP contribution is 2.30. The van der Waals surface area contributed by atoms with Crippen LogP contribution in [0.15, 0.2) is 70.2 Å². The minimum Gasteiger partial charge on any atom is -0.390 e. The molecule has 7 nitrogen and oxygen atoms in total. The zero-order valence-electron chi connectivity index (χ0n) is 16.4. The second-order valence-electron chi connectivity index (χ2n) is 6.79. The maximum absolute atomic E-state index is 12.8. The Balaban J connectivity index is 1.56. The van der Waals surface area contributed by atoms with E-state index >= 15 is 0 Å². The number of nitriles is 1. The maximum atomic E-state index is 12.8. The Labute approximate surface area is 185 Å². The van der Waals surface area contributed by atoms with Crippen molar-refractivity contribution >= 4 is 38.9 Å². The highest BCUT2D eigenvalue weighted by Gasteiger charge is 2.29. The van der Waals surface area contributed by atoms with Gasteiger partial charge < -0.3 is 4.84 Å². The molecule has 1 N–H and O–H groups in total. The number of rotatable bonds is 8. The fraction of sp³-hybridized carbons (Fsp3) is 0.182. The molecule has 1 atom stereocenters. The van der Waals surface area contributed by atoms with E-state index in [9.17, 15) is 14.3 Å². The molecule has 4 rings (SSSR count). The van der Waals surface area contributed by atoms with Crippen LogP contribution in [0.4, 0.5) is 5.13 Å². The highest BCUT2D eigenvalue weighted by atomic mass is 32.2. The van der Waals surface area contributed by atoms with Gasteiger partial charge in [0.15, 0.2) is 10.8 Å². The number of hydrogen-bond donors (Lipinski definition) is 1. The first-order chi connectivity index (χ1) is 15.2. The summed E-state index contributed by atoms with van der Waals surface area (Å²) in [4.78, 5) is 23.1. The zero-order chi connectivity index (χ0) is 21.6. The number of nitrogens with zero attached hydrogens (tertiary/aromatic N) is 3. The maximum Gasteiger partial charge on any atom is 0.280 e. The van der Waals surface area contributed by atoms with Gasteiger partial charge in [0.1, 0.15) is 6.61 Å². The molecule has 0 saturated heterocycles. The number of hydrogen-bond acceptors (Lipinski definition) is 7. The van der Waals surface area contributed by atoms with Crippen molar-refractivity contribution in [1.82, 2.24) is 4.98 Å². The second kappa shape index (κ2) is 9.64. The van der Waals surface area contributed by atoms with Crippen LogP contribution >= 0.6 is 11.3 Å². The third kappa shape index (κ3) is 5.23. The number of carbonyl (C=O) groups excluding carboxylic acids is 1. The van der Waals surface area contributed by atoms with Crippen molar-refractivity contribution in [1.29, 1.82) is 5.26 Å². The molecule has 31 heavy (non-hydrogen) atoms. The van der Waals surface area contributed by atoms with Crippen molar-refractivity contribution in [2.45, 2.75) is 29.6 Å². The topological polar surface area (TPSA) is 104 Å². The Hall–Kier alpha value is -3.35. The van der Waals surface area contributed by atoms with Crippen LogP contribution < -0.4 is 5.32 Å². The first-order valence-corrected chi connectivity index (χ1v) is 11.6. The molecule has 0 aliphatic heterocycles. The largest absolute Gasteiger partial charge is 0.390 e. The summed E-state index contributed by atoms with van der Waals surface area (Å²) in [6, 6.07) is 16.1. The SMILES string of the molecule is N#Cc1ccccc1CO/N=C(/C(=O)Nc1nccs1)c1ccc(S(=O)C2CC2)cc1. The molecule has 0 spiro atoms. The Morgan fingerprint density at radius 2 is 2.03 bits per heavy atom. The van der Waals surface area contributed by atoms with Crippen molar-refractivity contribution in [2.24, 2.45) is 5.16 Å². The summed E-state index contributed by atoms with van der Waals surface area (Å²) in [5.41, 5.74) is 1.74. The molecule has 1 aliphatic rings. The van der Waals surface area contributed by atoms with Crippen LogP contribution in [-0.4, -0.2) is 26.1 Å². The molecule has 2 aromatic carbocycles. The lowest BCUT2D eigenvalue weighted by Crippen LogP contribution is -2.24. The Morgan fingerprint density at radius 3 is 2.71 bits per heavy atom. The summed E-state index contributed by atoms with van der Waals surface area (Å²) in [5.74, 6) is -0.473. The molecule has 1 heterocycles. The smallest absolute Gasteiger partial charge is 0.280 e. The molecule has 0 radical (unpaired) electrons. The Morgan fingerprint density at radius 1 is 1.26 bits per heavy atom. The highest BCUT2D eigenvalue weighted by molar-refractivity contribution is 7.86. The van der Waals surface area contributed by atoms with E-state index < -0.39 is 16.7 Å². The number of amides is 1. The molecule has 1 aromatic heterocycles. The Bertz CT molecular complexity index is 1160. The van der Waals surface area contributed by atoms with E-state index in [1.807, 2.05) is 0 Å². The number of thiazole rings is 1. The first-order valence-electron chi connectivity index (χ1n) is 9.55. The Kier molecular flexibility index (Phi) is 6.50. The fourth-order valence-corrected chi connectivity index (χ4v) is 4.69. The van der Waals surface area contributed by atoms with Crippen LogP contribution in [0.5, 0.6) is 0 Å². The van der Waals surface area contributed by atoms with Gasteiger partial charge in [-0.25, -0.2) is 4.98 Å². The number of oxime groups is 1. The molecular formula is C22H18N4O3S2. The van der Waals surface area contributed by atoms with E-state index in [1.165, 1.54) is 11.3 Å². The third-order valence-electron chi connectivity index (χ3n) is 4.57. The van der Waals surface area contributed by atoms with Crippen LogP contribution in [0.25, 0.3) is 0 Å². The van der Waals surface area contributed by atoms with Gasteiger partial charge in [0, 0.05) is 32.8 Å². The van der Waals surface area contributed by atoms with Gasteiger partial charge in [-0.1, -0.05) is 35.5 Å². The van der Waals surface area contributed by atoms with Crippen LogP contribution in [-0.2, 0) is 27.0 Å². The summed E-state index contributed by atoms with van der Waals surface area (Å²) in [6.45, 7) is 0.0432.